The van der Waals surface area contributed by atoms with Crippen LogP contribution in [0.3, 0.4) is 0 Å². The highest BCUT2D eigenvalue weighted by atomic mass is 19.1. The molecule has 0 aliphatic carbocycles. The Morgan fingerprint density at radius 1 is 1.29 bits per heavy atom. The molecule has 7 nitrogen and oxygen atoms in total. The van der Waals surface area contributed by atoms with E-state index in [0.717, 1.165) is 11.1 Å². The Balaban J connectivity index is 1.53. The lowest BCUT2D eigenvalue weighted by Gasteiger charge is -2.11. The van der Waals surface area contributed by atoms with Gasteiger partial charge in [0.25, 0.3) is 5.56 Å². The van der Waals surface area contributed by atoms with Gasteiger partial charge < -0.3 is 15.0 Å². The Labute approximate surface area is 178 Å². The first-order chi connectivity index (χ1) is 14.9. The molecule has 0 fully saturated rings. The molecule has 0 radical (unpaired) electrons. The molecule has 0 unspecified atom stereocenters. The standard InChI is InChI=1S/C23H21FN4O3/c1-14-19(15(2)28-23(30)20(14)11-25)7-8-21(29)26-12-16-6-9-22(27-13-16)31-18-5-3-4-17(24)10-18/h3-6,9-10,13H,7-8,12H2,1-2H3,(H,26,29)(H,28,30). The maximum atomic E-state index is 13.2. The number of ether oxygens (including phenoxy) is 1. The van der Waals surface area contributed by atoms with Crippen LogP contribution in [-0.2, 0) is 17.8 Å². The van der Waals surface area contributed by atoms with E-state index < -0.39 is 11.4 Å². The van der Waals surface area contributed by atoms with Crippen LogP contribution in [0.4, 0.5) is 4.39 Å². The minimum absolute atomic E-state index is 0.0765. The van der Waals surface area contributed by atoms with Crippen LogP contribution in [0.15, 0.2) is 47.4 Å². The average Bonchev–Trinajstić information content (AvgIpc) is 2.73. The SMILES string of the molecule is Cc1[nH]c(=O)c(C#N)c(C)c1CCC(=O)NCc1ccc(Oc2cccc(F)c2)nc1. The number of aromatic amines is 1. The maximum Gasteiger partial charge on any atom is 0.266 e. The van der Waals surface area contributed by atoms with E-state index in [9.17, 15) is 14.0 Å². The lowest BCUT2D eigenvalue weighted by atomic mass is 9.99. The third kappa shape index (κ3) is 5.54. The number of carbonyl (C=O) groups excluding carboxylic acids is 1. The van der Waals surface area contributed by atoms with E-state index in [4.69, 9.17) is 10.00 Å². The van der Waals surface area contributed by atoms with Crippen molar-refractivity contribution < 1.29 is 13.9 Å². The van der Waals surface area contributed by atoms with Crippen molar-refractivity contribution in [2.75, 3.05) is 0 Å². The summed E-state index contributed by atoms with van der Waals surface area (Å²) in [5.74, 6) is 0.107. The molecule has 2 aromatic heterocycles. The molecule has 1 aromatic carbocycles. The van der Waals surface area contributed by atoms with Crippen LogP contribution >= 0.6 is 0 Å². The summed E-state index contributed by atoms with van der Waals surface area (Å²) < 4.78 is 18.7. The zero-order valence-electron chi connectivity index (χ0n) is 17.2. The van der Waals surface area contributed by atoms with Crippen molar-refractivity contribution in [1.82, 2.24) is 15.3 Å². The van der Waals surface area contributed by atoms with E-state index in [2.05, 4.69) is 15.3 Å². The van der Waals surface area contributed by atoms with Crippen molar-refractivity contribution in [3.05, 3.63) is 86.7 Å². The van der Waals surface area contributed by atoms with Gasteiger partial charge in [0, 0.05) is 37.0 Å². The third-order valence-corrected chi connectivity index (χ3v) is 4.83. The van der Waals surface area contributed by atoms with Gasteiger partial charge in [-0.05, 0) is 49.1 Å². The van der Waals surface area contributed by atoms with Crippen LogP contribution in [0.2, 0.25) is 0 Å². The number of halogens is 1. The number of pyridine rings is 2. The molecule has 0 saturated heterocycles. The van der Waals surface area contributed by atoms with Gasteiger partial charge in [-0.2, -0.15) is 5.26 Å². The minimum Gasteiger partial charge on any atom is -0.439 e. The second-order valence-corrected chi connectivity index (χ2v) is 7.01. The molecule has 0 spiro atoms. The Kier molecular flexibility index (Phi) is 6.78. The van der Waals surface area contributed by atoms with E-state index in [0.29, 0.717) is 35.9 Å². The fourth-order valence-corrected chi connectivity index (χ4v) is 3.17. The number of benzene rings is 1. The van der Waals surface area contributed by atoms with Crippen LogP contribution in [0.5, 0.6) is 11.6 Å². The topological polar surface area (TPSA) is 108 Å². The number of aromatic nitrogens is 2. The van der Waals surface area contributed by atoms with Gasteiger partial charge in [0.2, 0.25) is 11.8 Å². The van der Waals surface area contributed by atoms with Crippen molar-refractivity contribution in [1.29, 1.82) is 5.26 Å². The van der Waals surface area contributed by atoms with Crippen LogP contribution in [-0.4, -0.2) is 15.9 Å². The number of H-pyrrole nitrogens is 1. The number of aryl methyl sites for hydroxylation is 1. The number of nitrogens with one attached hydrogen (secondary N) is 2. The molecule has 0 atom stereocenters. The number of nitriles is 1. The molecule has 31 heavy (non-hydrogen) atoms. The summed E-state index contributed by atoms with van der Waals surface area (Å²) in [5.41, 5.74) is 2.51. The number of amides is 1. The van der Waals surface area contributed by atoms with E-state index in [1.165, 1.54) is 12.1 Å². The lowest BCUT2D eigenvalue weighted by molar-refractivity contribution is -0.121. The second kappa shape index (κ2) is 9.67. The first-order valence-corrected chi connectivity index (χ1v) is 9.65. The van der Waals surface area contributed by atoms with Crippen LogP contribution in [0, 0.1) is 31.0 Å². The van der Waals surface area contributed by atoms with E-state index in [1.54, 1.807) is 44.3 Å². The number of hydrogen-bond acceptors (Lipinski definition) is 5. The molecular weight excluding hydrogens is 399 g/mol. The predicted octanol–water partition coefficient (Wildman–Crippen LogP) is 3.44. The van der Waals surface area contributed by atoms with Crippen molar-refractivity contribution in [2.24, 2.45) is 0 Å². The van der Waals surface area contributed by atoms with Gasteiger partial charge in [-0.1, -0.05) is 12.1 Å². The quantitative estimate of drug-likeness (QED) is 0.609. The monoisotopic (exact) mass is 420 g/mol. The van der Waals surface area contributed by atoms with Crippen molar-refractivity contribution in [3.63, 3.8) is 0 Å². The normalized spacial score (nSPS) is 10.4. The Morgan fingerprint density at radius 3 is 2.77 bits per heavy atom. The third-order valence-electron chi connectivity index (χ3n) is 4.83. The molecule has 0 aliphatic rings. The zero-order chi connectivity index (χ0) is 22.4. The van der Waals surface area contributed by atoms with Gasteiger partial charge in [-0.25, -0.2) is 9.37 Å². The summed E-state index contributed by atoms with van der Waals surface area (Å²) in [6.45, 7) is 3.76. The predicted molar refractivity (Wildman–Crippen MR) is 112 cm³/mol. The molecule has 0 saturated carbocycles. The first kappa shape index (κ1) is 21.7. The number of rotatable bonds is 7. The fraction of sp³-hybridized carbons (Fsp3) is 0.217. The number of carbonyl (C=O) groups is 1. The smallest absolute Gasteiger partial charge is 0.266 e. The molecule has 3 rings (SSSR count). The maximum absolute atomic E-state index is 13.2. The molecule has 158 valence electrons. The summed E-state index contributed by atoms with van der Waals surface area (Å²) in [6, 6.07) is 11.1. The summed E-state index contributed by atoms with van der Waals surface area (Å²) in [6.07, 6.45) is 2.20. The lowest BCUT2D eigenvalue weighted by Crippen LogP contribution is -2.24. The molecule has 1 amide bonds. The van der Waals surface area contributed by atoms with Crippen LogP contribution < -0.4 is 15.6 Å². The zero-order valence-corrected chi connectivity index (χ0v) is 17.2. The van der Waals surface area contributed by atoms with E-state index >= 15 is 0 Å². The Morgan fingerprint density at radius 2 is 2.10 bits per heavy atom. The summed E-state index contributed by atoms with van der Waals surface area (Å²) in [5, 5.41) is 12.0. The molecule has 2 heterocycles. The van der Waals surface area contributed by atoms with E-state index in [-0.39, 0.29) is 17.9 Å². The van der Waals surface area contributed by atoms with Gasteiger partial charge in [0.1, 0.15) is 23.2 Å². The van der Waals surface area contributed by atoms with Crippen molar-refractivity contribution in [2.45, 2.75) is 33.2 Å². The van der Waals surface area contributed by atoms with Crippen molar-refractivity contribution >= 4 is 5.91 Å². The van der Waals surface area contributed by atoms with Gasteiger partial charge in [0.15, 0.2) is 0 Å². The summed E-state index contributed by atoms with van der Waals surface area (Å²) >= 11 is 0. The van der Waals surface area contributed by atoms with E-state index in [1.807, 2.05) is 6.07 Å². The molecule has 8 heteroatoms. The highest BCUT2D eigenvalue weighted by Gasteiger charge is 2.13. The van der Waals surface area contributed by atoms with Crippen LogP contribution in [0.25, 0.3) is 0 Å². The molecule has 0 aliphatic heterocycles. The molecule has 0 bridgehead atoms. The average molecular weight is 420 g/mol. The van der Waals surface area contributed by atoms with Gasteiger partial charge in [-0.15, -0.1) is 0 Å². The largest absolute Gasteiger partial charge is 0.439 e. The second-order valence-electron chi connectivity index (χ2n) is 7.01. The summed E-state index contributed by atoms with van der Waals surface area (Å²) in [7, 11) is 0. The number of nitrogens with zero attached hydrogens (tertiary/aromatic N) is 2. The molecule has 3 aromatic rings. The van der Waals surface area contributed by atoms with Gasteiger partial charge >= 0.3 is 0 Å². The molecule has 2 N–H and O–H groups in total. The first-order valence-electron chi connectivity index (χ1n) is 9.65. The van der Waals surface area contributed by atoms with Crippen molar-refractivity contribution in [3.8, 4) is 17.7 Å². The molecular formula is C23H21FN4O3. The van der Waals surface area contributed by atoms with Crippen LogP contribution in [0.1, 0.15) is 34.4 Å². The summed E-state index contributed by atoms with van der Waals surface area (Å²) in [4.78, 5) is 30.9. The van der Waals surface area contributed by atoms with Gasteiger partial charge in [0.05, 0.1) is 0 Å². The highest BCUT2D eigenvalue weighted by Crippen LogP contribution is 2.20. The minimum atomic E-state index is -0.414. The fourth-order valence-electron chi connectivity index (χ4n) is 3.17. The number of hydrogen-bond donors (Lipinski definition) is 2. The Bertz CT molecular complexity index is 1200. The highest BCUT2D eigenvalue weighted by molar-refractivity contribution is 5.76. The van der Waals surface area contributed by atoms with Gasteiger partial charge in [-0.3, -0.25) is 9.59 Å². The Hall–Kier alpha value is -3.99.